The summed E-state index contributed by atoms with van der Waals surface area (Å²) in [5.41, 5.74) is 0.301. The number of benzene rings is 1. The van der Waals surface area contributed by atoms with Crippen molar-refractivity contribution in [3.8, 4) is 0 Å². The number of ether oxygens (including phenoxy) is 1. The Morgan fingerprint density at radius 1 is 1.30 bits per heavy atom. The summed E-state index contributed by atoms with van der Waals surface area (Å²) in [5, 5.41) is 0.116. The fourth-order valence-corrected chi connectivity index (χ4v) is 3.35. The maximum atomic E-state index is 13.1. The van der Waals surface area contributed by atoms with E-state index in [-0.39, 0.29) is 29.0 Å². The number of esters is 1. The van der Waals surface area contributed by atoms with Crippen molar-refractivity contribution < 1.29 is 18.7 Å². The predicted octanol–water partition coefficient (Wildman–Crippen LogP) is 1.94. The van der Waals surface area contributed by atoms with Gasteiger partial charge in [-0.25, -0.2) is 4.39 Å². The molecule has 0 spiro atoms. The third-order valence-corrected chi connectivity index (χ3v) is 4.66. The zero-order chi connectivity index (χ0) is 16.6. The second kappa shape index (κ2) is 6.45. The largest absolute Gasteiger partial charge is 0.461 e. The summed E-state index contributed by atoms with van der Waals surface area (Å²) < 4.78 is 18.3. The summed E-state index contributed by atoms with van der Waals surface area (Å²) in [4.78, 5) is 28.0. The normalized spacial score (nSPS) is 25.5. The molecule has 23 heavy (non-hydrogen) atoms. The zero-order valence-electron chi connectivity index (χ0n) is 12.8. The molecular formula is C16H18ClFN2O3. The van der Waals surface area contributed by atoms with E-state index in [2.05, 4.69) is 4.90 Å². The zero-order valence-corrected chi connectivity index (χ0v) is 13.6. The molecule has 1 aromatic rings. The molecule has 0 saturated carbocycles. The molecule has 0 aliphatic carbocycles. The van der Waals surface area contributed by atoms with Crippen molar-refractivity contribution >= 4 is 23.5 Å². The van der Waals surface area contributed by atoms with Gasteiger partial charge in [-0.3, -0.25) is 14.5 Å². The van der Waals surface area contributed by atoms with E-state index in [1.54, 1.807) is 4.90 Å². The summed E-state index contributed by atoms with van der Waals surface area (Å²) in [6.45, 7) is 4.11. The summed E-state index contributed by atoms with van der Waals surface area (Å²) in [6.07, 6.45) is 0.640. The van der Waals surface area contributed by atoms with Gasteiger partial charge in [0.05, 0.1) is 10.6 Å². The van der Waals surface area contributed by atoms with Crippen molar-refractivity contribution in [2.45, 2.75) is 25.5 Å². The van der Waals surface area contributed by atoms with Crippen LogP contribution in [0.3, 0.4) is 0 Å². The van der Waals surface area contributed by atoms with E-state index in [4.69, 9.17) is 16.3 Å². The van der Waals surface area contributed by atoms with Crippen LogP contribution in [0, 0.1) is 5.82 Å². The standard InChI is InChI=1S/C16H18ClFN2O3/c1-10-8-14(16(22)23-10)19-4-6-20(7-5-19)15(21)12-3-2-11(18)9-13(12)17/h2-3,9-10,14H,4-8H2,1H3. The van der Waals surface area contributed by atoms with Gasteiger partial charge in [0.25, 0.3) is 5.91 Å². The number of halogens is 2. The van der Waals surface area contributed by atoms with E-state index in [0.717, 1.165) is 6.07 Å². The molecule has 1 aromatic carbocycles. The molecule has 2 atom stereocenters. The number of hydrogen-bond donors (Lipinski definition) is 0. The predicted molar refractivity (Wildman–Crippen MR) is 82.8 cm³/mol. The smallest absolute Gasteiger partial charge is 0.323 e. The number of piperazine rings is 1. The molecule has 2 unspecified atom stereocenters. The Balaban J connectivity index is 1.62. The van der Waals surface area contributed by atoms with Gasteiger partial charge in [-0.1, -0.05) is 11.6 Å². The third kappa shape index (κ3) is 3.33. The lowest BCUT2D eigenvalue weighted by Gasteiger charge is -2.36. The molecule has 7 heteroatoms. The number of hydrogen-bond acceptors (Lipinski definition) is 4. The topological polar surface area (TPSA) is 49.9 Å². The van der Waals surface area contributed by atoms with Crippen LogP contribution in [-0.2, 0) is 9.53 Å². The van der Waals surface area contributed by atoms with E-state index in [0.29, 0.717) is 38.2 Å². The number of carbonyl (C=O) groups is 2. The lowest BCUT2D eigenvalue weighted by atomic mass is 10.1. The minimum atomic E-state index is -0.467. The molecule has 3 rings (SSSR count). The van der Waals surface area contributed by atoms with Gasteiger partial charge < -0.3 is 9.64 Å². The van der Waals surface area contributed by atoms with Crippen molar-refractivity contribution in [3.05, 3.63) is 34.6 Å². The van der Waals surface area contributed by atoms with Crippen LogP contribution >= 0.6 is 11.6 Å². The highest BCUT2D eigenvalue weighted by Gasteiger charge is 2.38. The monoisotopic (exact) mass is 340 g/mol. The number of cyclic esters (lactones) is 1. The molecule has 2 heterocycles. The average molecular weight is 341 g/mol. The van der Waals surface area contributed by atoms with Crippen LogP contribution in [0.5, 0.6) is 0 Å². The number of nitrogens with zero attached hydrogens (tertiary/aromatic N) is 2. The fraction of sp³-hybridized carbons (Fsp3) is 0.500. The van der Waals surface area contributed by atoms with Crippen LogP contribution in [0.1, 0.15) is 23.7 Å². The van der Waals surface area contributed by atoms with Gasteiger partial charge >= 0.3 is 5.97 Å². The molecule has 2 saturated heterocycles. The van der Waals surface area contributed by atoms with E-state index in [1.165, 1.54) is 12.1 Å². The minimum absolute atomic E-state index is 0.0508. The first kappa shape index (κ1) is 16.2. The molecule has 0 radical (unpaired) electrons. The van der Waals surface area contributed by atoms with Gasteiger partial charge in [-0.15, -0.1) is 0 Å². The Kier molecular flexibility index (Phi) is 4.55. The molecule has 2 fully saturated rings. The van der Waals surface area contributed by atoms with Crippen LogP contribution in [0.15, 0.2) is 18.2 Å². The van der Waals surface area contributed by atoms with Gasteiger partial charge in [0, 0.05) is 32.6 Å². The Labute approximate surface area is 138 Å². The quantitative estimate of drug-likeness (QED) is 0.772. The van der Waals surface area contributed by atoms with E-state index in [9.17, 15) is 14.0 Å². The van der Waals surface area contributed by atoms with E-state index >= 15 is 0 Å². The molecule has 2 aliphatic heterocycles. The van der Waals surface area contributed by atoms with Crippen LogP contribution in [0.2, 0.25) is 5.02 Å². The van der Waals surface area contributed by atoms with Crippen molar-refractivity contribution in [1.29, 1.82) is 0 Å². The summed E-state index contributed by atoms with van der Waals surface area (Å²) in [6, 6.07) is 3.56. The highest BCUT2D eigenvalue weighted by Crippen LogP contribution is 2.23. The van der Waals surface area contributed by atoms with Gasteiger partial charge in [-0.05, 0) is 25.1 Å². The molecule has 5 nitrogen and oxygen atoms in total. The molecule has 124 valence electrons. The summed E-state index contributed by atoms with van der Waals surface area (Å²) in [5.74, 6) is -0.860. The first-order chi connectivity index (χ1) is 11.0. The maximum absolute atomic E-state index is 13.1. The van der Waals surface area contributed by atoms with Gasteiger partial charge in [0.15, 0.2) is 0 Å². The van der Waals surface area contributed by atoms with E-state index < -0.39 is 5.82 Å². The number of carbonyl (C=O) groups excluding carboxylic acids is 2. The third-order valence-electron chi connectivity index (χ3n) is 4.35. The SMILES string of the molecule is CC1CC(N2CCN(C(=O)c3ccc(F)cc3Cl)CC2)C(=O)O1. The maximum Gasteiger partial charge on any atom is 0.323 e. The summed E-state index contributed by atoms with van der Waals surface area (Å²) >= 11 is 5.95. The molecule has 2 aliphatic rings. The Morgan fingerprint density at radius 2 is 2.00 bits per heavy atom. The first-order valence-electron chi connectivity index (χ1n) is 7.64. The summed E-state index contributed by atoms with van der Waals surface area (Å²) in [7, 11) is 0. The van der Waals surface area contributed by atoms with Gasteiger partial charge in [-0.2, -0.15) is 0 Å². The van der Waals surface area contributed by atoms with E-state index in [1.807, 2.05) is 6.92 Å². The number of amides is 1. The lowest BCUT2D eigenvalue weighted by Crippen LogP contribution is -2.53. The van der Waals surface area contributed by atoms with Crippen LogP contribution in [-0.4, -0.2) is 60.0 Å². The lowest BCUT2D eigenvalue weighted by molar-refractivity contribution is -0.145. The number of rotatable bonds is 2. The molecule has 0 bridgehead atoms. The molecule has 0 N–H and O–H groups in total. The van der Waals surface area contributed by atoms with Crippen LogP contribution < -0.4 is 0 Å². The van der Waals surface area contributed by atoms with Gasteiger partial charge in [0.2, 0.25) is 0 Å². The molecular weight excluding hydrogens is 323 g/mol. The van der Waals surface area contributed by atoms with Crippen molar-refractivity contribution in [2.75, 3.05) is 26.2 Å². The van der Waals surface area contributed by atoms with Crippen LogP contribution in [0.25, 0.3) is 0 Å². The Bertz CT molecular complexity index is 632. The van der Waals surface area contributed by atoms with Crippen molar-refractivity contribution in [2.24, 2.45) is 0 Å². The van der Waals surface area contributed by atoms with Crippen molar-refractivity contribution in [1.82, 2.24) is 9.80 Å². The fourth-order valence-electron chi connectivity index (χ4n) is 3.10. The molecule has 0 aromatic heterocycles. The average Bonchev–Trinajstić information content (AvgIpc) is 2.85. The highest BCUT2D eigenvalue weighted by molar-refractivity contribution is 6.33. The highest BCUT2D eigenvalue weighted by atomic mass is 35.5. The second-order valence-electron chi connectivity index (χ2n) is 5.95. The Hall–Kier alpha value is -1.66. The molecule has 1 amide bonds. The van der Waals surface area contributed by atoms with Gasteiger partial charge in [0.1, 0.15) is 18.0 Å². The minimum Gasteiger partial charge on any atom is -0.461 e. The second-order valence-corrected chi connectivity index (χ2v) is 6.36. The first-order valence-corrected chi connectivity index (χ1v) is 8.02. The van der Waals surface area contributed by atoms with Crippen molar-refractivity contribution in [3.63, 3.8) is 0 Å². The Morgan fingerprint density at radius 3 is 2.57 bits per heavy atom. The van der Waals surface area contributed by atoms with Crippen LogP contribution in [0.4, 0.5) is 4.39 Å².